The van der Waals surface area contributed by atoms with Gasteiger partial charge >= 0.3 is 0 Å². The molecule has 2 heterocycles. The van der Waals surface area contributed by atoms with Crippen molar-refractivity contribution in [2.45, 2.75) is 25.7 Å². The van der Waals surface area contributed by atoms with E-state index in [-0.39, 0.29) is 17.6 Å². The summed E-state index contributed by atoms with van der Waals surface area (Å²) in [6.07, 6.45) is 1.90. The minimum atomic E-state index is -0.248. The van der Waals surface area contributed by atoms with Gasteiger partial charge in [0.2, 0.25) is 0 Å². The maximum Gasteiger partial charge on any atom is 0.257 e. The first-order valence-corrected chi connectivity index (χ1v) is 10.2. The maximum absolute atomic E-state index is 13.3. The van der Waals surface area contributed by atoms with Crippen molar-refractivity contribution in [3.8, 4) is 16.9 Å². The van der Waals surface area contributed by atoms with Crippen molar-refractivity contribution < 1.29 is 13.9 Å². The summed E-state index contributed by atoms with van der Waals surface area (Å²) in [5.41, 5.74) is 4.46. The summed E-state index contributed by atoms with van der Waals surface area (Å²) in [5, 5.41) is 0. The van der Waals surface area contributed by atoms with Gasteiger partial charge in [-0.1, -0.05) is 24.3 Å². The fourth-order valence-corrected chi connectivity index (χ4v) is 4.11. The lowest BCUT2D eigenvalue weighted by molar-refractivity contribution is 0.0702. The number of piperidine rings is 1. The molecule has 1 atom stereocenters. The molecule has 1 saturated heterocycles. The van der Waals surface area contributed by atoms with Crippen LogP contribution in [0.25, 0.3) is 11.1 Å². The Hall–Kier alpha value is -3.21. The molecule has 1 fully saturated rings. The van der Waals surface area contributed by atoms with Gasteiger partial charge in [0.25, 0.3) is 5.91 Å². The third kappa shape index (κ3) is 4.20. The van der Waals surface area contributed by atoms with Crippen molar-refractivity contribution >= 4 is 5.91 Å². The third-order valence-electron chi connectivity index (χ3n) is 5.62. The van der Waals surface area contributed by atoms with Crippen molar-refractivity contribution in [1.29, 1.82) is 0 Å². The molecule has 5 heteroatoms. The Kier molecular flexibility index (Phi) is 5.79. The van der Waals surface area contributed by atoms with Crippen LogP contribution in [0, 0.1) is 12.7 Å². The van der Waals surface area contributed by atoms with Crippen LogP contribution < -0.4 is 4.74 Å². The Bertz CT molecular complexity index is 1050. The molecule has 3 aromatic rings. The average molecular weight is 404 g/mol. The first-order valence-electron chi connectivity index (χ1n) is 10.2. The fourth-order valence-electron chi connectivity index (χ4n) is 4.11. The lowest BCUT2D eigenvalue weighted by Crippen LogP contribution is -2.39. The molecule has 0 N–H and O–H groups in total. The van der Waals surface area contributed by atoms with E-state index in [0.29, 0.717) is 17.9 Å². The Morgan fingerprint density at radius 2 is 1.87 bits per heavy atom. The van der Waals surface area contributed by atoms with Crippen LogP contribution in [-0.4, -0.2) is 36.0 Å². The highest BCUT2D eigenvalue weighted by molar-refractivity contribution is 5.97. The van der Waals surface area contributed by atoms with Crippen LogP contribution in [0.3, 0.4) is 0 Å². The van der Waals surface area contributed by atoms with Gasteiger partial charge in [-0.15, -0.1) is 0 Å². The molecular formula is C25H25FN2O2. The van der Waals surface area contributed by atoms with E-state index in [9.17, 15) is 9.18 Å². The predicted molar refractivity (Wildman–Crippen MR) is 115 cm³/mol. The number of hydrogen-bond acceptors (Lipinski definition) is 3. The van der Waals surface area contributed by atoms with Crippen molar-refractivity contribution in [2.24, 2.45) is 0 Å². The maximum atomic E-state index is 13.3. The molecule has 2 aromatic carbocycles. The van der Waals surface area contributed by atoms with Crippen LogP contribution in [0.5, 0.6) is 5.75 Å². The number of methoxy groups -OCH3 is 1. The number of para-hydroxylation sites is 1. The summed E-state index contributed by atoms with van der Waals surface area (Å²) < 4.78 is 18.7. The third-order valence-corrected chi connectivity index (χ3v) is 5.62. The molecule has 0 radical (unpaired) electrons. The van der Waals surface area contributed by atoms with Gasteiger partial charge < -0.3 is 9.64 Å². The summed E-state index contributed by atoms with van der Waals surface area (Å²) in [7, 11) is 1.58. The van der Waals surface area contributed by atoms with Gasteiger partial charge in [0.15, 0.2) is 0 Å². The lowest BCUT2D eigenvalue weighted by Gasteiger charge is -2.33. The number of halogens is 1. The molecule has 0 unspecified atom stereocenters. The van der Waals surface area contributed by atoms with Crippen LogP contribution in [0.1, 0.15) is 40.5 Å². The molecule has 1 aliphatic heterocycles. The molecule has 0 saturated carbocycles. The van der Waals surface area contributed by atoms with Gasteiger partial charge in [0.05, 0.1) is 12.7 Å². The molecule has 1 amide bonds. The summed E-state index contributed by atoms with van der Waals surface area (Å²) >= 11 is 0. The number of ether oxygens (including phenoxy) is 1. The number of rotatable bonds is 4. The number of benzene rings is 2. The van der Waals surface area contributed by atoms with Gasteiger partial charge in [-0.3, -0.25) is 9.78 Å². The highest BCUT2D eigenvalue weighted by Gasteiger charge is 2.28. The highest BCUT2D eigenvalue weighted by atomic mass is 19.1. The topological polar surface area (TPSA) is 42.4 Å². The van der Waals surface area contributed by atoms with Crippen molar-refractivity contribution in [3.05, 3.63) is 83.4 Å². The van der Waals surface area contributed by atoms with Gasteiger partial charge in [-0.05, 0) is 67.3 Å². The smallest absolute Gasteiger partial charge is 0.257 e. The van der Waals surface area contributed by atoms with E-state index in [1.165, 1.54) is 12.1 Å². The van der Waals surface area contributed by atoms with Crippen molar-refractivity contribution in [2.75, 3.05) is 20.2 Å². The van der Waals surface area contributed by atoms with Crippen molar-refractivity contribution in [3.63, 3.8) is 0 Å². The number of nitrogens with zero attached hydrogens (tertiary/aromatic N) is 2. The molecule has 154 valence electrons. The quantitative estimate of drug-likeness (QED) is 0.598. The van der Waals surface area contributed by atoms with Crippen LogP contribution >= 0.6 is 0 Å². The molecule has 0 bridgehead atoms. The van der Waals surface area contributed by atoms with Crippen LogP contribution in [0.15, 0.2) is 60.7 Å². The number of aryl methyl sites for hydroxylation is 1. The zero-order chi connectivity index (χ0) is 21.1. The van der Waals surface area contributed by atoms with Gasteiger partial charge in [0, 0.05) is 30.4 Å². The molecule has 4 rings (SSSR count). The number of likely N-dealkylation sites (tertiary alicyclic amines) is 1. The predicted octanol–water partition coefficient (Wildman–Crippen LogP) is 5.22. The zero-order valence-corrected chi connectivity index (χ0v) is 17.3. The van der Waals surface area contributed by atoms with Crippen LogP contribution in [-0.2, 0) is 0 Å². The Labute approximate surface area is 176 Å². The Morgan fingerprint density at radius 3 is 2.63 bits per heavy atom. The summed E-state index contributed by atoms with van der Waals surface area (Å²) in [4.78, 5) is 19.8. The normalized spacial score (nSPS) is 16.4. The second-order valence-electron chi connectivity index (χ2n) is 7.72. The Morgan fingerprint density at radius 1 is 1.10 bits per heavy atom. The largest absolute Gasteiger partial charge is 0.496 e. The van der Waals surface area contributed by atoms with E-state index < -0.39 is 0 Å². The standard InChI is InChI=1S/C25H25FN2O2/c1-17-14-20(18-9-11-21(26)12-10-18)15-23(27-17)19-6-5-13-28(16-19)25(29)22-7-3-4-8-24(22)30-2/h3-4,7-12,14-15,19H,5-6,13,16H2,1-2H3/t19-/m1/s1. The number of pyridine rings is 1. The first-order chi connectivity index (χ1) is 14.5. The monoisotopic (exact) mass is 404 g/mol. The summed E-state index contributed by atoms with van der Waals surface area (Å²) in [6.45, 7) is 3.32. The van der Waals surface area contributed by atoms with Crippen molar-refractivity contribution in [1.82, 2.24) is 9.88 Å². The number of aromatic nitrogens is 1. The molecule has 1 aromatic heterocycles. The minimum absolute atomic E-state index is 0.0106. The van der Waals surface area contributed by atoms with E-state index in [1.54, 1.807) is 19.2 Å². The summed E-state index contributed by atoms with van der Waals surface area (Å²) in [6, 6.07) is 17.9. The summed E-state index contributed by atoms with van der Waals surface area (Å²) in [5.74, 6) is 0.500. The minimum Gasteiger partial charge on any atom is -0.496 e. The molecule has 0 aliphatic carbocycles. The second-order valence-corrected chi connectivity index (χ2v) is 7.72. The zero-order valence-electron chi connectivity index (χ0n) is 17.3. The Balaban J connectivity index is 1.59. The lowest BCUT2D eigenvalue weighted by atomic mass is 9.91. The van der Waals surface area contributed by atoms with E-state index in [4.69, 9.17) is 9.72 Å². The van der Waals surface area contributed by atoms with Crippen LogP contribution in [0.2, 0.25) is 0 Å². The van der Waals surface area contributed by atoms with Gasteiger partial charge in [-0.25, -0.2) is 4.39 Å². The van der Waals surface area contributed by atoms with E-state index in [1.807, 2.05) is 42.2 Å². The molecular weight excluding hydrogens is 379 g/mol. The first kappa shape index (κ1) is 20.1. The number of carbonyl (C=O) groups excluding carboxylic acids is 1. The SMILES string of the molecule is COc1ccccc1C(=O)N1CCC[C@@H](c2cc(-c3ccc(F)cc3)cc(C)n2)C1. The number of hydrogen-bond donors (Lipinski definition) is 0. The number of amides is 1. The van der Waals surface area contributed by atoms with Gasteiger partial charge in [-0.2, -0.15) is 0 Å². The molecule has 0 spiro atoms. The molecule has 4 nitrogen and oxygen atoms in total. The second kappa shape index (κ2) is 8.66. The van der Waals surface area contributed by atoms with Gasteiger partial charge in [0.1, 0.15) is 11.6 Å². The van der Waals surface area contributed by atoms with E-state index >= 15 is 0 Å². The van der Waals surface area contributed by atoms with Crippen LogP contribution in [0.4, 0.5) is 4.39 Å². The number of carbonyl (C=O) groups is 1. The molecule has 1 aliphatic rings. The average Bonchev–Trinajstić information content (AvgIpc) is 2.78. The molecule has 30 heavy (non-hydrogen) atoms. The fraction of sp³-hybridized carbons (Fsp3) is 0.280. The van der Waals surface area contributed by atoms with E-state index in [0.717, 1.165) is 41.9 Å². The highest BCUT2D eigenvalue weighted by Crippen LogP contribution is 2.31. The van der Waals surface area contributed by atoms with E-state index in [2.05, 4.69) is 6.07 Å².